The van der Waals surface area contributed by atoms with Gasteiger partial charge in [0.1, 0.15) is 17.9 Å². The molecule has 0 saturated carbocycles. The molecule has 0 bridgehead atoms. The zero-order valence-corrected chi connectivity index (χ0v) is 19.7. The minimum Gasteiger partial charge on any atom is -0.481 e. The molecule has 3 N–H and O–H groups in total. The van der Waals surface area contributed by atoms with E-state index in [-0.39, 0.29) is 41.9 Å². The van der Waals surface area contributed by atoms with Crippen molar-refractivity contribution in [1.82, 2.24) is 19.8 Å². The summed E-state index contributed by atoms with van der Waals surface area (Å²) in [5.74, 6) is -3.65. The second kappa shape index (κ2) is 11.1. The quantitative estimate of drug-likeness (QED) is 0.408. The summed E-state index contributed by atoms with van der Waals surface area (Å²) in [4.78, 5) is 49.6. The number of amides is 3. The lowest BCUT2D eigenvalue weighted by atomic mass is 10.1. The highest BCUT2D eigenvalue weighted by molar-refractivity contribution is 8.00. The molecule has 11 nitrogen and oxygen atoms in total. The molecule has 0 aromatic heterocycles. The summed E-state index contributed by atoms with van der Waals surface area (Å²) < 4.78 is 40.8. The molecule has 2 saturated heterocycles. The fourth-order valence-corrected chi connectivity index (χ4v) is 5.93. The lowest BCUT2D eigenvalue weighted by Gasteiger charge is -2.40. The van der Waals surface area contributed by atoms with Crippen LogP contribution in [0.15, 0.2) is 29.2 Å². The lowest BCUT2D eigenvalue weighted by molar-refractivity contribution is -0.136. The van der Waals surface area contributed by atoms with Crippen LogP contribution in [0, 0.1) is 5.82 Å². The fourth-order valence-electron chi connectivity index (χ4n) is 3.73. The number of rotatable bonds is 8. The average Bonchev–Trinajstić information content (AvgIpc) is 2.80. The number of nitrogens with zero attached hydrogens (tertiary/aromatic N) is 2. The maximum atomic E-state index is 13.3. The maximum absolute atomic E-state index is 13.3. The van der Waals surface area contributed by atoms with Gasteiger partial charge in [0.15, 0.2) is 0 Å². The van der Waals surface area contributed by atoms with E-state index in [9.17, 15) is 32.0 Å². The highest BCUT2D eigenvalue weighted by Gasteiger charge is 2.42. The lowest BCUT2D eigenvalue weighted by Crippen LogP contribution is -2.63. The number of hydrogen-bond acceptors (Lipinski definition) is 7. The first-order chi connectivity index (χ1) is 16.1. The normalized spacial score (nSPS) is 21.6. The number of piperidine rings is 1. The molecule has 2 aliphatic heterocycles. The first-order valence-electron chi connectivity index (χ1n) is 10.5. The molecular formula is C20H25FN4O7S2. The van der Waals surface area contributed by atoms with Gasteiger partial charge in [0.05, 0.1) is 16.4 Å². The van der Waals surface area contributed by atoms with E-state index >= 15 is 0 Å². The standard InChI is InChI=1S/C20H25FN4O7S2/c21-13-3-5-14(6-4-13)34(31,32)25-9-8-24(17(26)11-33-12-18(27)28)10-16(25)20(30)23-15-2-1-7-22-19(15)29/h3-6,15-16H,1-2,7-12H2,(H,22,29)(H,23,30)(H,27,28)/t15-,16+/m0/s1. The Morgan fingerprint density at radius 1 is 1.18 bits per heavy atom. The number of carbonyl (C=O) groups is 4. The molecule has 0 aliphatic carbocycles. The van der Waals surface area contributed by atoms with Crippen LogP contribution in [0.4, 0.5) is 4.39 Å². The SMILES string of the molecule is O=C(O)CSCC(=O)N1CCN(S(=O)(=O)c2ccc(F)cc2)[C@@H](C(=O)N[C@H]2CCCNC2=O)C1. The summed E-state index contributed by atoms with van der Waals surface area (Å²) in [5, 5.41) is 14.0. The zero-order chi connectivity index (χ0) is 24.9. The van der Waals surface area contributed by atoms with Gasteiger partial charge in [-0.25, -0.2) is 12.8 Å². The van der Waals surface area contributed by atoms with Crippen molar-refractivity contribution in [2.45, 2.75) is 29.8 Å². The average molecular weight is 517 g/mol. The Morgan fingerprint density at radius 3 is 2.53 bits per heavy atom. The number of hydrogen-bond donors (Lipinski definition) is 3. The third-order valence-electron chi connectivity index (χ3n) is 5.46. The van der Waals surface area contributed by atoms with E-state index in [1.807, 2.05) is 0 Å². The summed E-state index contributed by atoms with van der Waals surface area (Å²) >= 11 is 0.894. The molecule has 2 fully saturated rings. The van der Waals surface area contributed by atoms with Crippen LogP contribution in [0.1, 0.15) is 12.8 Å². The van der Waals surface area contributed by atoms with Crippen molar-refractivity contribution in [2.75, 3.05) is 37.7 Å². The van der Waals surface area contributed by atoms with E-state index in [2.05, 4.69) is 10.6 Å². The van der Waals surface area contributed by atoms with E-state index in [0.717, 1.165) is 40.3 Å². The van der Waals surface area contributed by atoms with Crippen molar-refractivity contribution >= 4 is 45.5 Å². The second-order valence-electron chi connectivity index (χ2n) is 7.81. The van der Waals surface area contributed by atoms with E-state index in [0.29, 0.717) is 19.4 Å². The van der Waals surface area contributed by atoms with Crippen molar-refractivity contribution in [1.29, 1.82) is 0 Å². The summed E-state index contributed by atoms with van der Waals surface area (Å²) in [5.41, 5.74) is 0. The number of thioether (sulfide) groups is 1. The first kappa shape index (κ1) is 25.9. The number of piperazine rings is 1. The number of aliphatic carboxylic acids is 1. The highest BCUT2D eigenvalue weighted by Crippen LogP contribution is 2.23. The summed E-state index contributed by atoms with van der Waals surface area (Å²) in [7, 11) is -4.22. The minimum absolute atomic E-state index is 0.0133. The number of carboxylic acids is 1. The second-order valence-corrected chi connectivity index (χ2v) is 10.7. The Hall–Kier alpha value is -2.71. The van der Waals surface area contributed by atoms with Crippen molar-refractivity contribution in [3.63, 3.8) is 0 Å². The maximum Gasteiger partial charge on any atom is 0.313 e. The molecule has 0 spiro atoms. The van der Waals surface area contributed by atoms with Crippen molar-refractivity contribution in [3.05, 3.63) is 30.1 Å². The van der Waals surface area contributed by atoms with E-state index in [1.54, 1.807) is 0 Å². The summed E-state index contributed by atoms with van der Waals surface area (Å²) in [6.45, 7) is -0.00631. The van der Waals surface area contributed by atoms with Gasteiger partial charge < -0.3 is 20.6 Å². The summed E-state index contributed by atoms with van der Waals surface area (Å²) in [6.07, 6.45) is 1.04. The fraction of sp³-hybridized carbons (Fsp3) is 0.500. The van der Waals surface area contributed by atoms with Crippen LogP contribution in [0.3, 0.4) is 0 Å². The Bertz CT molecular complexity index is 1050. The third-order valence-corrected chi connectivity index (χ3v) is 8.28. The van der Waals surface area contributed by atoms with Gasteiger partial charge in [-0.2, -0.15) is 4.31 Å². The van der Waals surface area contributed by atoms with Gasteiger partial charge in [0.25, 0.3) is 0 Å². The molecule has 0 radical (unpaired) electrons. The highest BCUT2D eigenvalue weighted by atomic mass is 32.2. The molecule has 186 valence electrons. The molecule has 2 aliphatic rings. The predicted octanol–water partition coefficient (Wildman–Crippen LogP) is -0.760. The van der Waals surface area contributed by atoms with Gasteiger partial charge in [0, 0.05) is 26.2 Å². The summed E-state index contributed by atoms with van der Waals surface area (Å²) in [6, 6.07) is 2.02. The van der Waals surface area contributed by atoms with Crippen molar-refractivity contribution < 1.29 is 37.1 Å². The first-order valence-corrected chi connectivity index (χ1v) is 13.1. The third kappa shape index (κ3) is 6.24. The topological polar surface area (TPSA) is 153 Å². The van der Waals surface area contributed by atoms with Gasteiger partial charge in [-0.1, -0.05) is 0 Å². The van der Waals surface area contributed by atoms with Crippen molar-refractivity contribution in [2.24, 2.45) is 0 Å². The molecule has 14 heteroatoms. The van der Waals surface area contributed by atoms with Gasteiger partial charge in [-0.05, 0) is 37.1 Å². The molecule has 2 heterocycles. The van der Waals surface area contributed by atoms with Crippen LogP contribution in [0.5, 0.6) is 0 Å². The molecule has 1 aromatic rings. The number of halogens is 1. The van der Waals surface area contributed by atoms with Crippen LogP contribution in [0.25, 0.3) is 0 Å². The number of sulfonamides is 1. The van der Waals surface area contributed by atoms with E-state index in [4.69, 9.17) is 5.11 Å². The van der Waals surface area contributed by atoms with E-state index < -0.39 is 45.7 Å². The Labute approximate surface area is 200 Å². The van der Waals surface area contributed by atoms with Crippen LogP contribution < -0.4 is 10.6 Å². The Morgan fingerprint density at radius 2 is 1.88 bits per heavy atom. The van der Waals surface area contributed by atoms with Gasteiger partial charge in [0.2, 0.25) is 27.7 Å². The van der Waals surface area contributed by atoms with Gasteiger partial charge in [-0.3, -0.25) is 19.2 Å². The predicted molar refractivity (Wildman–Crippen MR) is 120 cm³/mol. The number of benzene rings is 1. The molecule has 34 heavy (non-hydrogen) atoms. The van der Waals surface area contributed by atoms with Crippen LogP contribution in [0.2, 0.25) is 0 Å². The van der Waals surface area contributed by atoms with Crippen molar-refractivity contribution in [3.8, 4) is 0 Å². The molecule has 2 atom stereocenters. The smallest absolute Gasteiger partial charge is 0.313 e. The Balaban J connectivity index is 1.81. The van der Waals surface area contributed by atoms with Gasteiger partial charge in [-0.15, -0.1) is 11.8 Å². The Kier molecular flexibility index (Phi) is 8.49. The monoisotopic (exact) mass is 516 g/mol. The minimum atomic E-state index is -4.22. The largest absolute Gasteiger partial charge is 0.481 e. The number of carbonyl (C=O) groups excluding carboxylic acids is 3. The number of carboxylic acid groups (broad SMARTS) is 1. The molecule has 3 amide bonds. The molecular weight excluding hydrogens is 491 g/mol. The van der Waals surface area contributed by atoms with Crippen LogP contribution >= 0.6 is 11.8 Å². The number of nitrogens with one attached hydrogen (secondary N) is 2. The molecule has 0 unspecified atom stereocenters. The van der Waals surface area contributed by atoms with E-state index in [1.165, 1.54) is 4.90 Å². The zero-order valence-electron chi connectivity index (χ0n) is 18.1. The van der Waals surface area contributed by atoms with Crippen LogP contribution in [-0.2, 0) is 29.2 Å². The van der Waals surface area contributed by atoms with Crippen LogP contribution in [-0.4, -0.2) is 96.2 Å². The molecule has 3 rings (SSSR count). The molecule has 1 aromatic carbocycles. The van der Waals surface area contributed by atoms with Gasteiger partial charge >= 0.3 is 5.97 Å².